The predicted octanol–water partition coefficient (Wildman–Crippen LogP) is 5.20. The number of halogens is 6. The summed E-state index contributed by atoms with van der Waals surface area (Å²) in [6.45, 7) is 3.49. The van der Waals surface area contributed by atoms with E-state index in [9.17, 15) is 26.7 Å². The van der Waals surface area contributed by atoms with Gasteiger partial charge < -0.3 is 9.47 Å². The summed E-state index contributed by atoms with van der Waals surface area (Å²) in [5.74, 6) is -11.1. The zero-order chi connectivity index (χ0) is 23.0. The van der Waals surface area contributed by atoms with Crippen molar-refractivity contribution in [1.29, 1.82) is 0 Å². The Balaban J connectivity index is 2.08. The molecule has 3 rings (SSSR count). The molecule has 2 aromatic rings. The molecule has 0 saturated carbocycles. The van der Waals surface area contributed by atoms with Gasteiger partial charge in [-0.05, 0) is 60.2 Å². The molecule has 1 heterocycles. The molecule has 11 heteroatoms. The van der Waals surface area contributed by atoms with Crippen LogP contribution in [0, 0.1) is 32.7 Å². The standard InChI is InChI=1S/C20H14F5IN2O3/c1-4-31-12-7-9(6-11(26)19(12)30-3)5-10-8(2)27-28(20(10)29)18-16(24)14(22)13(21)15(23)17(18)25/h5-7H,4H2,1-3H3/b10-5-. The molecule has 0 saturated heterocycles. The van der Waals surface area contributed by atoms with Crippen LogP contribution in [-0.2, 0) is 4.79 Å². The summed E-state index contributed by atoms with van der Waals surface area (Å²) < 4.78 is 80.2. The summed E-state index contributed by atoms with van der Waals surface area (Å²) in [5, 5.41) is 3.87. The summed E-state index contributed by atoms with van der Waals surface area (Å²) in [4.78, 5) is 12.8. The van der Waals surface area contributed by atoms with Gasteiger partial charge in [-0.15, -0.1) is 0 Å². The molecular weight excluding hydrogens is 538 g/mol. The average molecular weight is 552 g/mol. The lowest BCUT2D eigenvalue weighted by molar-refractivity contribution is -0.114. The number of methoxy groups -OCH3 is 1. The van der Waals surface area contributed by atoms with Crippen molar-refractivity contribution in [3.63, 3.8) is 0 Å². The molecule has 0 N–H and O–H groups in total. The van der Waals surface area contributed by atoms with Crippen LogP contribution in [0.15, 0.2) is 22.8 Å². The Morgan fingerprint density at radius 1 is 1.06 bits per heavy atom. The number of ether oxygens (including phenoxy) is 2. The molecule has 31 heavy (non-hydrogen) atoms. The van der Waals surface area contributed by atoms with Gasteiger partial charge in [-0.25, -0.2) is 22.0 Å². The number of rotatable bonds is 5. The Bertz CT molecular complexity index is 1120. The van der Waals surface area contributed by atoms with E-state index in [1.54, 1.807) is 19.1 Å². The first-order valence-electron chi connectivity index (χ1n) is 8.75. The van der Waals surface area contributed by atoms with E-state index in [2.05, 4.69) is 5.10 Å². The topological polar surface area (TPSA) is 51.1 Å². The van der Waals surface area contributed by atoms with Crippen LogP contribution < -0.4 is 14.5 Å². The summed E-state index contributed by atoms with van der Waals surface area (Å²) in [6, 6.07) is 3.25. The van der Waals surface area contributed by atoms with E-state index < -0.39 is 40.7 Å². The quantitative estimate of drug-likeness (QED) is 0.169. The Morgan fingerprint density at radius 2 is 1.65 bits per heavy atom. The number of carbonyl (C=O) groups excluding carboxylic acids is 1. The zero-order valence-electron chi connectivity index (χ0n) is 16.3. The van der Waals surface area contributed by atoms with Crippen LogP contribution in [0.25, 0.3) is 6.08 Å². The van der Waals surface area contributed by atoms with E-state index in [1.165, 1.54) is 20.1 Å². The van der Waals surface area contributed by atoms with Gasteiger partial charge in [0, 0.05) is 0 Å². The van der Waals surface area contributed by atoms with Crippen LogP contribution in [0.4, 0.5) is 27.6 Å². The molecule has 5 nitrogen and oxygen atoms in total. The second-order valence-electron chi connectivity index (χ2n) is 6.25. The van der Waals surface area contributed by atoms with Gasteiger partial charge in [0.2, 0.25) is 5.82 Å². The predicted molar refractivity (Wildman–Crippen MR) is 112 cm³/mol. The van der Waals surface area contributed by atoms with Crippen molar-refractivity contribution in [2.75, 3.05) is 18.7 Å². The first-order chi connectivity index (χ1) is 14.6. The van der Waals surface area contributed by atoms with Crippen molar-refractivity contribution >= 4 is 46.0 Å². The lowest BCUT2D eigenvalue weighted by Crippen LogP contribution is -2.25. The van der Waals surface area contributed by atoms with Crippen LogP contribution in [0.1, 0.15) is 19.4 Å². The Hall–Kier alpha value is -2.70. The van der Waals surface area contributed by atoms with Crippen molar-refractivity contribution in [3.8, 4) is 11.5 Å². The van der Waals surface area contributed by atoms with E-state index in [1.807, 2.05) is 22.6 Å². The first kappa shape index (κ1) is 23.0. The number of benzene rings is 2. The van der Waals surface area contributed by atoms with Gasteiger partial charge >= 0.3 is 0 Å². The number of hydrogen-bond donors (Lipinski definition) is 0. The molecule has 0 aromatic heterocycles. The molecular formula is C20H14F5IN2O3. The van der Waals surface area contributed by atoms with Crippen molar-refractivity contribution in [1.82, 2.24) is 0 Å². The van der Waals surface area contributed by atoms with Gasteiger partial charge in [0.15, 0.2) is 34.8 Å². The maximum Gasteiger partial charge on any atom is 0.280 e. The van der Waals surface area contributed by atoms with Gasteiger partial charge in [-0.3, -0.25) is 4.79 Å². The van der Waals surface area contributed by atoms with Gasteiger partial charge in [-0.1, -0.05) is 0 Å². The SMILES string of the molecule is CCOc1cc(/C=C2\C(=O)N(c3c(F)c(F)c(F)c(F)c3F)N=C2C)cc(I)c1OC. The lowest BCUT2D eigenvalue weighted by Gasteiger charge is -2.15. The fraction of sp³-hybridized carbons (Fsp3) is 0.200. The highest BCUT2D eigenvalue weighted by Gasteiger charge is 2.37. The number of hydrogen-bond acceptors (Lipinski definition) is 4. The summed E-state index contributed by atoms with van der Waals surface area (Å²) in [5.41, 5.74) is -1.03. The molecule has 0 unspecified atom stereocenters. The third-order valence-corrected chi connectivity index (χ3v) is 5.11. The zero-order valence-corrected chi connectivity index (χ0v) is 18.5. The van der Waals surface area contributed by atoms with Gasteiger partial charge in [-0.2, -0.15) is 10.1 Å². The lowest BCUT2D eigenvalue weighted by atomic mass is 10.1. The monoisotopic (exact) mass is 552 g/mol. The maximum absolute atomic E-state index is 14.1. The fourth-order valence-corrected chi connectivity index (χ4v) is 3.76. The second-order valence-corrected chi connectivity index (χ2v) is 7.41. The van der Waals surface area contributed by atoms with Gasteiger partial charge in [0.25, 0.3) is 5.91 Å². The van der Waals surface area contributed by atoms with Gasteiger partial charge in [0.05, 0.1) is 28.6 Å². The summed E-state index contributed by atoms with van der Waals surface area (Å²) in [7, 11) is 1.47. The normalized spacial score (nSPS) is 15.0. The number of anilines is 1. The third-order valence-electron chi connectivity index (χ3n) is 4.31. The van der Waals surface area contributed by atoms with E-state index in [-0.39, 0.29) is 16.3 Å². The smallest absolute Gasteiger partial charge is 0.280 e. The average Bonchev–Trinajstić information content (AvgIpc) is 2.99. The summed E-state index contributed by atoms with van der Waals surface area (Å²) >= 11 is 2.00. The molecule has 0 bridgehead atoms. The van der Waals surface area contributed by atoms with Crippen LogP contribution in [-0.4, -0.2) is 25.3 Å². The third kappa shape index (κ3) is 3.98. The van der Waals surface area contributed by atoms with Gasteiger partial charge in [0.1, 0.15) is 5.69 Å². The number of carbonyl (C=O) groups is 1. The van der Waals surface area contributed by atoms with E-state index >= 15 is 0 Å². The minimum atomic E-state index is -2.32. The van der Waals surface area contributed by atoms with E-state index in [0.717, 1.165) is 0 Å². The minimum Gasteiger partial charge on any atom is -0.492 e. The maximum atomic E-state index is 14.1. The molecule has 164 valence electrons. The Morgan fingerprint density at radius 3 is 2.19 bits per heavy atom. The van der Waals surface area contributed by atoms with E-state index in [4.69, 9.17) is 9.47 Å². The highest BCUT2D eigenvalue weighted by molar-refractivity contribution is 14.1. The van der Waals surface area contributed by atoms with Crippen LogP contribution in [0.3, 0.4) is 0 Å². The van der Waals surface area contributed by atoms with E-state index in [0.29, 0.717) is 27.2 Å². The molecule has 1 aliphatic rings. The van der Waals surface area contributed by atoms with Crippen molar-refractivity contribution in [2.45, 2.75) is 13.8 Å². The molecule has 2 aromatic carbocycles. The van der Waals surface area contributed by atoms with Crippen LogP contribution >= 0.6 is 22.6 Å². The van der Waals surface area contributed by atoms with Crippen LogP contribution in [0.2, 0.25) is 0 Å². The number of hydrazone groups is 1. The summed E-state index contributed by atoms with van der Waals surface area (Å²) in [6.07, 6.45) is 1.37. The number of nitrogens with zero attached hydrogens (tertiary/aromatic N) is 2. The number of amides is 1. The van der Waals surface area contributed by atoms with Crippen molar-refractivity contribution in [3.05, 3.63) is 55.9 Å². The first-order valence-corrected chi connectivity index (χ1v) is 9.83. The largest absolute Gasteiger partial charge is 0.492 e. The van der Waals surface area contributed by atoms with Crippen molar-refractivity contribution in [2.24, 2.45) is 5.10 Å². The molecule has 0 radical (unpaired) electrons. The molecule has 1 aliphatic heterocycles. The highest BCUT2D eigenvalue weighted by Crippen LogP contribution is 2.36. The Kier molecular flexibility index (Phi) is 6.53. The molecule has 0 aliphatic carbocycles. The minimum absolute atomic E-state index is 0.0257. The molecule has 0 atom stereocenters. The van der Waals surface area contributed by atoms with Crippen LogP contribution in [0.5, 0.6) is 11.5 Å². The Labute approximate surface area is 187 Å². The fourth-order valence-electron chi connectivity index (χ4n) is 2.91. The molecule has 0 spiro atoms. The molecule has 1 amide bonds. The molecule has 0 fully saturated rings. The second kappa shape index (κ2) is 8.81. The van der Waals surface area contributed by atoms with Crippen molar-refractivity contribution < 1.29 is 36.2 Å². The highest BCUT2D eigenvalue weighted by atomic mass is 127.